The molecule has 2 atom stereocenters. The Balaban J connectivity index is 1.70. The van der Waals surface area contributed by atoms with E-state index in [0.29, 0.717) is 5.92 Å². The fourth-order valence-electron chi connectivity index (χ4n) is 2.92. The number of thiophene rings is 1. The minimum absolute atomic E-state index is 0.230. The van der Waals surface area contributed by atoms with Gasteiger partial charge in [-0.15, -0.1) is 11.3 Å². The van der Waals surface area contributed by atoms with Crippen LogP contribution < -0.4 is 5.32 Å². The minimum Gasteiger partial charge on any atom is -0.338 e. The molecule has 2 aliphatic rings. The van der Waals surface area contributed by atoms with Crippen LogP contribution in [0.4, 0.5) is 0 Å². The number of likely N-dealkylation sites (tertiary alicyclic amines) is 1. The summed E-state index contributed by atoms with van der Waals surface area (Å²) in [5.41, 5.74) is 0. The molecule has 2 saturated heterocycles. The van der Waals surface area contributed by atoms with E-state index in [0.717, 1.165) is 43.4 Å². The highest BCUT2D eigenvalue weighted by molar-refractivity contribution is 7.13. The summed E-state index contributed by atoms with van der Waals surface area (Å²) in [5.74, 6) is 1.70. The first-order valence-electron chi connectivity index (χ1n) is 6.30. The van der Waals surface area contributed by atoms with E-state index in [1.165, 1.54) is 4.88 Å². The Morgan fingerprint density at radius 1 is 1.41 bits per heavy atom. The maximum Gasteiger partial charge on any atom is 0.263 e. The normalized spacial score (nSPS) is 28.2. The van der Waals surface area contributed by atoms with E-state index in [4.69, 9.17) is 0 Å². The average Bonchev–Trinajstić information content (AvgIpc) is 2.95. The molecule has 1 N–H and O–H groups in total. The van der Waals surface area contributed by atoms with Crippen LogP contribution in [0.3, 0.4) is 0 Å². The lowest BCUT2D eigenvalue weighted by molar-refractivity contribution is 0.0647. The summed E-state index contributed by atoms with van der Waals surface area (Å²) < 4.78 is 0. The van der Waals surface area contributed by atoms with Gasteiger partial charge in [-0.05, 0) is 50.4 Å². The lowest BCUT2D eigenvalue weighted by Gasteiger charge is -2.34. The van der Waals surface area contributed by atoms with Crippen molar-refractivity contribution in [1.29, 1.82) is 0 Å². The van der Waals surface area contributed by atoms with Crippen molar-refractivity contribution in [3.05, 3.63) is 21.9 Å². The van der Waals surface area contributed by atoms with Crippen molar-refractivity contribution in [3.8, 4) is 0 Å². The van der Waals surface area contributed by atoms with Gasteiger partial charge in [0.25, 0.3) is 5.91 Å². The number of hydrogen-bond donors (Lipinski definition) is 1. The molecule has 1 amide bonds. The van der Waals surface area contributed by atoms with E-state index < -0.39 is 0 Å². The Morgan fingerprint density at radius 2 is 2.24 bits per heavy atom. The molecule has 3 heterocycles. The van der Waals surface area contributed by atoms with E-state index in [9.17, 15) is 4.79 Å². The Labute approximate surface area is 106 Å². The third-order valence-corrected chi connectivity index (χ3v) is 4.93. The minimum atomic E-state index is 0.230. The maximum absolute atomic E-state index is 12.3. The molecule has 3 rings (SSSR count). The Kier molecular flexibility index (Phi) is 2.92. The van der Waals surface area contributed by atoms with E-state index in [-0.39, 0.29) is 5.91 Å². The number of rotatable bonds is 1. The van der Waals surface area contributed by atoms with Crippen LogP contribution in [-0.2, 0) is 0 Å². The molecule has 17 heavy (non-hydrogen) atoms. The molecule has 0 radical (unpaired) electrons. The number of nitrogens with one attached hydrogen (secondary N) is 1. The van der Waals surface area contributed by atoms with Crippen LogP contribution in [0.5, 0.6) is 0 Å². The molecule has 2 fully saturated rings. The van der Waals surface area contributed by atoms with Crippen molar-refractivity contribution in [3.63, 3.8) is 0 Å². The monoisotopic (exact) mass is 250 g/mol. The van der Waals surface area contributed by atoms with Crippen LogP contribution in [0, 0.1) is 18.8 Å². The van der Waals surface area contributed by atoms with Crippen molar-refractivity contribution in [2.75, 3.05) is 26.2 Å². The predicted molar refractivity (Wildman–Crippen MR) is 69.4 cm³/mol. The third-order valence-electron chi connectivity index (χ3n) is 3.94. The largest absolute Gasteiger partial charge is 0.338 e. The summed E-state index contributed by atoms with van der Waals surface area (Å²) in [4.78, 5) is 16.5. The summed E-state index contributed by atoms with van der Waals surface area (Å²) in [6.07, 6.45) is 1.16. The lowest BCUT2D eigenvalue weighted by Crippen LogP contribution is -2.43. The Hall–Kier alpha value is -0.870. The van der Waals surface area contributed by atoms with Crippen LogP contribution in [-0.4, -0.2) is 37.0 Å². The molecule has 92 valence electrons. The van der Waals surface area contributed by atoms with Crippen LogP contribution in [0.2, 0.25) is 0 Å². The molecule has 1 aromatic rings. The van der Waals surface area contributed by atoms with E-state index in [1.807, 2.05) is 17.0 Å². The van der Waals surface area contributed by atoms with Crippen LogP contribution >= 0.6 is 11.3 Å². The number of nitrogens with zero attached hydrogens (tertiary/aromatic N) is 1. The van der Waals surface area contributed by atoms with Gasteiger partial charge >= 0.3 is 0 Å². The third kappa shape index (κ3) is 2.11. The van der Waals surface area contributed by atoms with Crippen molar-refractivity contribution in [2.24, 2.45) is 11.8 Å². The van der Waals surface area contributed by atoms with Crippen LogP contribution in [0.1, 0.15) is 21.0 Å². The first-order valence-corrected chi connectivity index (χ1v) is 7.12. The number of piperidine rings is 1. The van der Waals surface area contributed by atoms with Crippen molar-refractivity contribution < 1.29 is 4.79 Å². The van der Waals surface area contributed by atoms with Gasteiger partial charge in [0.15, 0.2) is 0 Å². The van der Waals surface area contributed by atoms with E-state index >= 15 is 0 Å². The van der Waals surface area contributed by atoms with Gasteiger partial charge in [-0.3, -0.25) is 4.79 Å². The molecule has 1 aromatic heterocycles. The van der Waals surface area contributed by atoms with Gasteiger partial charge in [0.2, 0.25) is 0 Å². The van der Waals surface area contributed by atoms with Gasteiger partial charge in [0.1, 0.15) is 0 Å². The molecule has 3 nitrogen and oxygen atoms in total. The smallest absolute Gasteiger partial charge is 0.263 e. The van der Waals surface area contributed by atoms with Crippen LogP contribution in [0.15, 0.2) is 12.1 Å². The second kappa shape index (κ2) is 4.42. The Bertz CT molecular complexity index is 429. The van der Waals surface area contributed by atoms with E-state index in [1.54, 1.807) is 11.3 Å². The van der Waals surface area contributed by atoms with Gasteiger partial charge in [-0.1, -0.05) is 0 Å². The number of aryl methyl sites for hydroxylation is 1. The van der Waals surface area contributed by atoms with Crippen molar-refractivity contribution >= 4 is 17.2 Å². The van der Waals surface area contributed by atoms with Crippen LogP contribution in [0.25, 0.3) is 0 Å². The van der Waals surface area contributed by atoms with Gasteiger partial charge in [-0.25, -0.2) is 0 Å². The number of amides is 1. The molecule has 0 spiro atoms. The number of hydrogen-bond acceptors (Lipinski definition) is 3. The maximum atomic E-state index is 12.3. The zero-order chi connectivity index (χ0) is 11.8. The molecular formula is C13H18N2OS. The topological polar surface area (TPSA) is 32.3 Å². The fourth-order valence-corrected chi connectivity index (χ4v) is 3.76. The Morgan fingerprint density at radius 3 is 3.00 bits per heavy atom. The van der Waals surface area contributed by atoms with Gasteiger partial charge < -0.3 is 10.2 Å². The summed E-state index contributed by atoms with van der Waals surface area (Å²) in [6.45, 7) is 6.14. The van der Waals surface area contributed by atoms with Crippen molar-refractivity contribution in [2.45, 2.75) is 13.3 Å². The highest BCUT2D eigenvalue weighted by Gasteiger charge is 2.34. The molecule has 0 saturated carbocycles. The number of carbonyl (C=O) groups is 1. The zero-order valence-corrected chi connectivity index (χ0v) is 10.9. The van der Waals surface area contributed by atoms with Gasteiger partial charge in [0, 0.05) is 18.0 Å². The quantitative estimate of drug-likeness (QED) is 0.823. The summed E-state index contributed by atoms with van der Waals surface area (Å²) in [5, 5.41) is 3.43. The second-order valence-corrected chi connectivity index (χ2v) is 6.42. The summed E-state index contributed by atoms with van der Waals surface area (Å²) in [6, 6.07) is 3.99. The average molecular weight is 250 g/mol. The fraction of sp³-hybridized carbons (Fsp3) is 0.615. The SMILES string of the molecule is Cc1ccc(C(=O)N2CCC3CNCC3C2)s1. The van der Waals surface area contributed by atoms with E-state index in [2.05, 4.69) is 12.2 Å². The summed E-state index contributed by atoms with van der Waals surface area (Å²) >= 11 is 1.61. The number of carbonyl (C=O) groups excluding carboxylic acids is 1. The molecule has 2 aliphatic heterocycles. The molecule has 2 unspecified atom stereocenters. The molecule has 4 heteroatoms. The second-order valence-electron chi connectivity index (χ2n) is 5.13. The molecule has 0 aliphatic carbocycles. The van der Waals surface area contributed by atoms with Crippen molar-refractivity contribution in [1.82, 2.24) is 10.2 Å². The first-order chi connectivity index (χ1) is 8.24. The predicted octanol–water partition coefficient (Wildman–Crippen LogP) is 1.74. The first kappa shape index (κ1) is 11.2. The lowest BCUT2D eigenvalue weighted by atomic mass is 9.88. The van der Waals surface area contributed by atoms with Gasteiger partial charge in [-0.2, -0.15) is 0 Å². The standard InChI is InChI=1S/C13H18N2OS/c1-9-2-3-12(17-9)13(16)15-5-4-10-6-14-7-11(10)8-15/h2-3,10-11,14H,4-8H2,1H3. The number of fused-ring (bicyclic) bond motifs is 1. The molecule has 0 aromatic carbocycles. The zero-order valence-electron chi connectivity index (χ0n) is 10.1. The highest BCUT2D eigenvalue weighted by atomic mass is 32.1. The summed E-state index contributed by atoms with van der Waals surface area (Å²) in [7, 11) is 0. The highest BCUT2D eigenvalue weighted by Crippen LogP contribution is 2.28. The molecule has 0 bridgehead atoms. The van der Waals surface area contributed by atoms with Gasteiger partial charge in [0.05, 0.1) is 4.88 Å². The molecular weight excluding hydrogens is 232 g/mol.